The molecule has 2 aromatic rings. The lowest BCUT2D eigenvalue weighted by Crippen LogP contribution is -2.08. The van der Waals surface area contributed by atoms with Gasteiger partial charge in [0.1, 0.15) is 18.0 Å². The number of halogens is 3. The van der Waals surface area contributed by atoms with Crippen LogP contribution in [0.15, 0.2) is 24.5 Å². The Hall–Kier alpha value is -2.11. The van der Waals surface area contributed by atoms with Crippen molar-refractivity contribution in [3.63, 3.8) is 0 Å². The van der Waals surface area contributed by atoms with E-state index in [0.29, 0.717) is 6.42 Å². The van der Waals surface area contributed by atoms with Crippen molar-refractivity contribution in [1.82, 2.24) is 9.97 Å². The Morgan fingerprint density at radius 3 is 2.68 bits per heavy atom. The second kappa shape index (κ2) is 5.69. The molecule has 0 saturated heterocycles. The molecule has 0 amide bonds. The second-order valence-corrected chi connectivity index (χ2v) is 3.93. The van der Waals surface area contributed by atoms with Crippen LogP contribution in [0.2, 0.25) is 0 Å². The van der Waals surface area contributed by atoms with E-state index in [0.717, 1.165) is 18.2 Å². The summed E-state index contributed by atoms with van der Waals surface area (Å²) in [5.41, 5.74) is 0.383. The molecule has 19 heavy (non-hydrogen) atoms. The molecule has 0 fully saturated rings. The zero-order valence-electron chi connectivity index (χ0n) is 10.3. The van der Waals surface area contributed by atoms with E-state index in [2.05, 4.69) is 15.3 Å². The molecule has 0 atom stereocenters. The van der Waals surface area contributed by atoms with Crippen molar-refractivity contribution in [2.24, 2.45) is 0 Å². The molecule has 1 aromatic carbocycles. The maximum absolute atomic E-state index is 13.8. The minimum atomic E-state index is -0.568. The molecule has 0 spiro atoms. The maximum Gasteiger partial charge on any atom is 0.186 e. The Morgan fingerprint density at radius 1 is 1.16 bits per heavy atom. The van der Waals surface area contributed by atoms with E-state index >= 15 is 0 Å². The van der Waals surface area contributed by atoms with Crippen molar-refractivity contribution in [3.05, 3.63) is 53.2 Å². The standard InChI is InChI=1S/C13H12F3N3/c1-2-11-12(16)13(19-7-18-11)17-6-8-5-9(14)3-4-10(8)15/h3-5,7H,2,6H2,1H3,(H,17,18,19). The van der Waals surface area contributed by atoms with Crippen LogP contribution in [0, 0.1) is 17.5 Å². The van der Waals surface area contributed by atoms with Gasteiger partial charge in [-0.1, -0.05) is 6.92 Å². The smallest absolute Gasteiger partial charge is 0.186 e. The Kier molecular flexibility index (Phi) is 3.99. The van der Waals surface area contributed by atoms with Crippen LogP contribution in [0.4, 0.5) is 19.0 Å². The Morgan fingerprint density at radius 2 is 1.95 bits per heavy atom. The fourth-order valence-electron chi connectivity index (χ4n) is 1.63. The van der Waals surface area contributed by atoms with Crippen LogP contribution in [0.1, 0.15) is 18.2 Å². The number of hydrogen-bond acceptors (Lipinski definition) is 3. The van der Waals surface area contributed by atoms with Crippen molar-refractivity contribution in [2.45, 2.75) is 19.9 Å². The summed E-state index contributed by atoms with van der Waals surface area (Å²) in [5, 5.41) is 2.64. The summed E-state index contributed by atoms with van der Waals surface area (Å²) in [6.45, 7) is 1.71. The Bertz CT molecular complexity index is 587. The maximum atomic E-state index is 13.8. The highest BCUT2D eigenvalue weighted by Crippen LogP contribution is 2.16. The number of aromatic nitrogens is 2. The molecule has 1 N–H and O–H groups in total. The van der Waals surface area contributed by atoms with E-state index in [-0.39, 0.29) is 23.6 Å². The molecule has 3 nitrogen and oxygen atoms in total. The fraction of sp³-hybridized carbons (Fsp3) is 0.231. The summed E-state index contributed by atoms with van der Waals surface area (Å²) < 4.78 is 40.2. The topological polar surface area (TPSA) is 37.8 Å². The third kappa shape index (κ3) is 3.01. The van der Waals surface area contributed by atoms with E-state index in [1.807, 2.05) is 0 Å². The molecule has 0 unspecified atom stereocenters. The van der Waals surface area contributed by atoms with Crippen molar-refractivity contribution < 1.29 is 13.2 Å². The summed E-state index contributed by atoms with van der Waals surface area (Å²) >= 11 is 0. The SMILES string of the molecule is CCc1ncnc(NCc2cc(F)ccc2F)c1F. The van der Waals surface area contributed by atoms with Gasteiger partial charge in [0.2, 0.25) is 0 Å². The van der Waals surface area contributed by atoms with Gasteiger partial charge < -0.3 is 5.32 Å². The first kappa shape index (κ1) is 13.3. The van der Waals surface area contributed by atoms with Gasteiger partial charge in [0.05, 0.1) is 5.69 Å². The molecule has 2 rings (SSSR count). The highest BCUT2D eigenvalue weighted by molar-refractivity contribution is 5.38. The van der Waals surface area contributed by atoms with E-state index in [1.54, 1.807) is 6.92 Å². The lowest BCUT2D eigenvalue weighted by atomic mass is 10.2. The molecule has 0 bridgehead atoms. The third-order valence-electron chi connectivity index (χ3n) is 2.65. The fourth-order valence-corrected chi connectivity index (χ4v) is 1.63. The van der Waals surface area contributed by atoms with E-state index < -0.39 is 17.5 Å². The first-order chi connectivity index (χ1) is 9.11. The minimum Gasteiger partial charge on any atom is -0.363 e. The predicted molar refractivity (Wildman–Crippen MR) is 65.1 cm³/mol. The van der Waals surface area contributed by atoms with Crippen LogP contribution in [0.25, 0.3) is 0 Å². The molecule has 6 heteroatoms. The normalized spacial score (nSPS) is 10.5. The van der Waals surface area contributed by atoms with Crippen molar-refractivity contribution in [1.29, 1.82) is 0 Å². The van der Waals surface area contributed by atoms with E-state index in [9.17, 15) is 13.2 Å². The summed E-state index contributed by atoms with van der Waals surface area (Å²) in [6.07, 6.45) is 1.66. The average molecular weight is 267 g/mol. The predicted octanol–water partition coefficient (Wildman–Crippen LogP) is 3.07. The molecule has 1 aromatic heterocycles. The zero-order chi connectivity index (χ0) is 13.8. The molecule has 1 heterocycles. The van der Waals surface area contributed by atoms with Gasteiger partial charge in [-0.05, 0) is 24.6 Å². The van der Waals surface area contributed by atoms with Crippen LogP contribution >= 0.6 is 0 Å². The molecule has 0 saturated carbocycles. The molecule has 0 aliphatic carbocycles. The number of anilines is 1. The first-order valence-electron chi connectivity index (χ1n) is 5.79. The summed E-state index contributed by atoms with van der Waals surface area (Å²) in [5.74, 6) is -1.69. The minimum absolute atomic E-state index is 0.0180. The van der Waals surface area contributed by atoms with Gasteiger partial charge in [0.15, 0.2) is 11.6 Å². The van der Waals surface area contributed by atoms with Gasteiger partial charge in [-0.25, -0.2) is 23.1 Å². The van der Waals surface area contributed by atoms with Gasteiger partial charge in [-0.15, -0.1) is 0 Å². The average Bonchev–Trinajstić information content (AvgIpc) is 2.41. The lowest BCUT2D eigenvalue weighted by Gasteiger charge is -2.09. The highest BCUT2D eigenvalue weighted by Gasteiger charge is 2.10. The number of aryl methyl sites for hydroxylation is 1. The van der Waals surface area contributed by atoms with Gasteiger partial charge in [-0.3, -0.25) is 0 Å². The van der Waals surface area contributed by atoms with Gasteiger partial charge >= 0.3 is 0 Å². The molecule has 0 aliphatic rings. The number of hydrogen-bond donors (Lipinski definition) is 1. The van der Waals surface area contributed by atoms with Gasteiger partial charge in [0, 0.05) is 12.1 Å². The van der Waals surface area contributed by atoms with Crippen LogP contribution in [-0.2, 0) is 13.0 Å². The van der Waals surface area contributed by atoms with Crippen molar-refractivity contribution in [2.75, 3.05) is 5.32 Å². The molecular weight excluding hydrogens is 255 g/mol. The lowest BCUT2D eigenvalue weighted by molar-refractivity contribution is 0.584. The quantitative estimate of drug-likeness (QED) is 0.925. The van der Waals surface area contributed by atoms with Gasteiger partial charge in [0.25, 0.3) is 0 Å². The Labute approximate surface area is 108 Å². The molecular formula is C13H12F3N3. The van der Waals surface area contributed by atoms with Crippen LogP contribution < -0.4 is 5.32 Å². The van der Waals surface area contributed by atoms with Crippen molar-refractivity contribution in [3.8, 4) is 0 Å². The first-order valence-corrected chi connectivity index (χ1v) is 5.79. The zero-order valence-corrected chi connectivity index (χ0v) is 10.3. The van der Waals surface area contributed by atoms with Crippen LogP contribution in [-0.4, -0.2) is 9.97 Å². The summed E-state index contributed by atoms with van der Waals surface area (Å²) in [6, 6.07) is 3.11. The van der Waals surface area contributed by atoms with Crippen LogP contribution in [0.5, 0.6) is 0 Å². The number of rotatable bonds is 4. The van der Waals surface area contributed by atoms with E-state index in [1.165, 1.54) is 6.33 Å². The van der Waals surface area contributed by atoms with Crippen LogP contribution in [0.3, 0.4) is 0 Å². The third-order valence-corrected chi connectivity index (χ3v) is 2.65. The number of benzene rings is 1. The molecule has 0 radical (unpaired) electrons. The monoisotopic (exact) mass is 267 g/mol. The summed E-state index contributed by atoms with van der Waals surface area (Å²) in [7, 11) is 0. The van der Waals surface area contributed by atoms with Gasteiger partial charge in [-0.2, -0.15) is 0 Å². The number of nitrogens with zero attached hydrogens (tertiary/aromatic N) is 2. The molecule has 0 aliphatic heterocycles. The molecule has 100 valence electrons. The summed E-state index contributed by atoms with van der Waals surface area (Å²) in [4.78, 5) is 7.52. The Balaban J connectivity index is 2.17. The van der Waals surface area contributed by atoms with E-state index in [4.69, 9.17) is 0 Å². The van der Waals surface area contributed by atoms with Crippen molar-refractivity contribution >= 4 is 5.82 Å². The second-order valence-electron chi connectivity index (χ2n) is 3.93. The highest BCUT2D eigenvalue weighted by atomic mass is 19.1. The number of nitrogens with one attached hydrogen (secondary N) is 1. The largest absolute Gasteiger partial charge is 0.363 e.